The molecule has 1 aromatic carbocycles. The molecular weight excluding hydrogens is 304 g/mol. The number of carboxylic acid groups (broad SMARTS) is 1. The Morgan fingerprint density at radius 2 is 2.15 bits per heavy atom. The standard InChI is InChI=1S/C11H11ClN4O3S/c12-8-1-3-9(4-2-8)19-5-6-20-11-13-14-15-16(11)7-10(17)18/h1-4H,5-7H2,(H,17,18). The van der Waals surface area contributed by atoms with Crippen molar-refractivity contribution in [3.05, 3.63) is 29.3 Å². The predicted octanol–water partition coefficient (Wildman–Crippen LogP) is 1.58. The SMILES string of the molecule is O=C(O)Cn1nnnc1SCCOc1ccc(Cl)cc1. The number of carbonyl (C=O) groups is 1. The molecule has 0 saturated heterocycles. The summed E-state index contributed by atoms with van der Waals surface area (Å²) in [7, 11) is 0. The molecule has 9 heteroatoms. The molecule has 1 aromatic heterocycles. The van der Waals surface area contributed by atoms with Crippen LogP contribution >= 0.6 is 23.4 Å². The lowest BCUT2D eigenvalue weighted by atomic mass is 10.3. The van der Waals surface area contributed by atoms with Gasteiger partial charge in [-0.15, -0.1) is 5.10 Å². The lowest BCUT2D eigenvalue weighted by molar-refractivity contribution is -0.138. The fourth-order valence-corrected chi connectivity index (χ4v) is 2.17. The summed E-state index contributed by atoms with van der Waals surface area (Å²) in [6, 6.07) is 7.05. The quantitative estimate of drug-likeness (QED) is 0.613. The van der Waals surface area contributed by atoms with Crippen LogP contribution in [-0.2, 0) is 11.3 Å². The number of benzene rings is 1. The first kappa shape index (κ1) is 14.6. The van der Waals surface area contributed by atoms with Gasteiger partial charge in [-0.05, 0) is 34.7 Å². The summed E-state index contributed by atoms with van der Waals surface area (Å²) in [5, 5.41) is 20.6. The van der Waals surface area contributed by atoms with E-state index in [0.29, 0.717) is 22.5 Å². The van der Waals surface area contributed by atoms with Gasteiger partial charge in [0.1, 0.15) is 12.3 Å². The number of aromatic nitrogens is 4. The maximum atomic E-state index is 10.6. The highest BCUT2D eigenvalue weighted by molar-refractivity contribution is 7.99. The third kappa shape index (κ3) is 4.39. The minimum Gasteiger partial charge on any atom is -0.493 e. The molecule has 0 spiro atoms. The largest absolute Gasteiger partial charge is 0.493 e. The van der Waals surface area contributed by atoms with Crippen molar-refractivity contribution in [1.82, 2.24) is 20.2 Å². The van der Waals surface area contributed by atoms with Gasteiger partial charge < -0.3 is 9.84 Å². The van der Waals surface area contributed by atoms with E-state index in [4.69, 9.17) is 21.4 Å². The van der Waals surface area contributed by atoms with E-state index < -0.39 is 5.97 Å². The third-order valence-corrected chi connectivity index (χ3v) is 3.35. The number of tetrazole rings is 1. The summed E-state index contributed by atoms with van der Waals surface area (Å²) in [5.41, 5.74) is 0. The second-order valence-corrected chi connectivity index (χ2v) is 5.16. The number of halogens is 1. The van der Waals surface area contributed by atoms with Crippen LogP contribution in [-0.4, -0.2) is 43.6 Å². The zero-order valence-corrected chi connectivity index (χ0v) is 11.8. The zero-order chi connectivity index (χ0) is 14.4. The lowest BCUT2D eigenvalue weighted by Crippen LogP contribution is -2.12. The highest BCUT2D eigenvalue weighted by Crippen LogP contribution is 2.17. The molecule has 0 atom stereocenters. The summed E-state index contributed by atoms with van der Waals surface area (Å²) in [6.07, 6.45) is 0. The van der Waals surface area contributed by atoms with E-state index in [2.05, 4.69) is 15.5 Å². The van der Waals surface area contributed by atoms with Crippen molar-refractivity contribution in [2.45, 2.75) is 11.7 Å². The molecule has 2 rings (SSSR count). The van der Waals surface area contributed by atoms with Gasteiger partial charge in [0, 0.05) is 10.8 Å². The van der Waals surface area contributed by atoms with Crippen LogP contribution in [0.25, 0.3) is 0 Å². The topological polar surface area (TPSA) is 90.1 Å². The van der Waals surface area contributed by atoms with Crippen molar-refractivity contribution in [2.75, 3.05) is 12.4 Å². The van der Waals surface area contributed by atoms with E-state index in [1.165, 1.54) is 16.4 Å². The number of thioether (sulfide) groups is 1. The summed E-state index contributed by atoms with van der Waals surface area (Å²) in [4.78, 5) is 10.6. The highest BCUT2D eigenvalue weighted by Gasteiger charge is 2.09. The number of ether oxygens (including phenoxy) is 1. The van der Waals surface area contributed by atoms with E-state index in [1.54, 1.807) is 24.3 Å². The van der Waals surface area contributed by atoms with Crippen LogP contribution < -0.4 is 4.74 Å². The Balaban J connectivity index is 1.77. The Labute approximate surface area is 123 Å². The van der Waals surface area contributed by atoms with Gasteiger partial charge >= 0.3 is 5.97 Å². The highest BCUT2D eigenvalue weighted by atomic mass is 35.5. The smallest absolute Gasteiger partial charge is 0.325 e. The number of hydrogen-bond acceptors (Lipinski definition) is 6. The van der Waals surface area contributed by atoms with Crippen LogP contribution in [0.1, 0.15) is 0 Å². The lowest BCUT2D eigenvalue weighted by Gasteiger charge is -2.05. The fourth-order valence-electron chi connectivity index (χ4n) is 1.35. The third-order valence-electron chi connectivity index (χ3n) is 2.18. The molecule has 0 saturated carbocycles. The number of nitrogens with zero attached hydrogens (tertiary/aromatic N) is 4. The van der Waals surface area contributed by atoms with E-state index in [9.17, 15) is 4.79 Å². The van der Waals surface area contributed by atoms with Gasteiger partial charge in [0.2, 0.25) is 5.16 Å². The minimum absolute atomic E-state index is 0.257. The Morgan fingerprint density at radius 1 is 1.40 bits per heavy atom. The summed E-state index contributed by atoms with van der Waals surface area (Å²) in [6.45, 7) is 0.194. The molecule has 1 heterocycles. The van der Waals surface area contributed by atoms with Gasteiger partial charge in [-0.2, -0.15) is 0 Å². The van der Waals surface area contributed by atoms with E-state index in [-0.39, 0.29) is 6.54 Å². The molecule has 7 nitrogen and oxygen atoms in total. The van der Waals surface area contributed by atoms with Crippen LogP contribution in [0.4, 0.5) is 0 Å². The van der Waals surface area contributed by atoms with Crippen LogP contribution in [0.2, 0.25) is 5.02 Å². The molecule has 0 unspecified atom stereocenters. The molecule has 0 bridgehead atoms. The number of rotatable bonds is 7. The summed E-state index contributed by atoms with van der Waals surface area (Å²) < 4.78 is 6.74. The van der Waals surface area contributed by atoms with E-state index in [0.717, 1.165) is 5.75 Å². The molecule has 0 aliphatic heterocycles. The molecule has 0 aliphatic carbocycles. The molecule has 0 fully saturated rings. The Kier molecular flexibility index (Phi) is 5.19. The first-order chi connectivity index (χ1) is 9.65. The Hall–Kier alpha value is -1.80. The van der Waals surface area contributed by atoms with Crippen molar-refractivity contribution in [3.63, 3.8) is 0 Å². The van der Waals surface area contributed by atoms with Gasteiger partial charge in [0.05, 0.1) is 6.61 Å². The maximum Gasteiger partial charge on any atom is 0.325 e. The first-order valence-corrected chi connectivity index (χ1v) is 7.00. The van der Waals surface area contributed by atoms with Gasteiger partial charge in [0.25, 0.3) is 0 Å². The van der Waals surface area contributed by atoms with E-state index in [1.807, 2.05) is 0 Å². The van der Waals surface area contributed by atoms with Crippen LogP contribution in [0.15, 0.2) is 29.4 Å². The first-order valence-electron chi connectivity index (χ1n) is 5.64. The maximum absolute atomic E-state index is 10.6. The molecule has 2 aromatic rings. The van der Waals surface area contributed by atoms with Crippen LogP contribution in [0.3, 0.4) is 0 Å². The van der Waals surface area contributed by atoms with Crippen molar-refractivity contribution < 1.29 is 14.6 Å². The predicted molar refractivity (Wildman–Crippen MR) is 73.1 cm³/mol. The molecule has 1 N–H and O–H groups in total. The molecule has 106 valence electrons. The average molecular weight is 315 g/mol. The Morgan fingerprint density at radius 3 is 2.85 bits per heavy atom. The van der Waals surface area contributed by atoms with Gasteiger partial charge in [-0.25, -0.2) is 4.68 Å². The van der Waals surface area contributed by atoms with Crippen LogP contribution in [0, 0.1) is 0 Å². The number of carboxylic acids is 1. The van der Waals surface area contributed by atoms with Crippen molar-refractivity contribution in [1.29, 1.82) is 0 Å². The number of aliphatic carboxylic acids is 1. The molecule has 0 radical (unpaired) electrons. The van der Waals surface area contributed by atoms with Crippen LogP contribution in [0.5, 0.6) is 5.75 Å². The number of hydrogen-bond donors (Lipinski definition) is 1. The minimum atomic E-state index is -0.989. The molecular formula is C11H11ClN4O3S. The summed E-state index contributed by atoms with van der Waals surface area (Å²) in [5.74, 6) is 0.333. The summed E-state index contributed by atoms with van der Waals surface area (Å²) >= 11 is 7.10. The second-order valence-electron chi connectivity index (χ2n) is 3.66. The van der Waals surface area contributed by atoms with Gasteiger partial charge in [-0.1, -0.05) is 23.4 Å². The monoisotopic (exact) mass is 314 g/mol. The Bertz CT molecular complexity index is 575. The molecule has 0 amide bonds. The fraction of sp³-hybridized carbons (Fsp3) is 0.273. The van der Waals surface area contributed by atoms with Gasteiger partial charge in [0.15, 0.2) is 0 Å². The molecule has 20 heavy (non-hydrogen) atoms. The van der Waals surface area contributed by atoms with Crippen molar-refractivity contribution in [2.24, 2.45) is 0 Å². The van der Waals surface area contributed by atoms with Gasteiger partial charge in [-0.3, -0.25) is 4.79 Å². The van der Waals surface area contributed by atoms with E-state index >= 15 is 0 Å². The zero-order valence-electron chi connectivity index (χ0n) is 10.3. The second kappa shape index (κ2) is 7.11. The van der Waals surface area contributed by atoms with Crippen molar-refractivity contribution in [3.8, 4) is 5.75 Å². The molecule has 0 aliphatic rings. The van der Waals surface area contributed by atoms with Crippen molar-refractivity contribution >= 4 is 29.3 Å². The average Bonchev–Trinajstić information content (AvgIpc) is 2.83. The normalized spacial score (nSPS) is 10.4.